The van der Waals surface area contributed by atoms with Crippen LogP contribution in [0, 0.1) is 12.7 Å². The van der Waals surface area contributed by atoms with E-state index in [9.17, 15) is 4.39 Å². The molecule has 0 unspecified atom stereocenters. The van der Waals surface area contributed by atoms with Crippen molar-refractivity contribution in [3.05, 3.63) is 60.2 Å². The van der Waals surface area contributed by atoms with Crippen LogP contribution < -0.4 is 14.8 Å². The number of hydrogen-bond donors (Lipinski definition) is 1. The SMILES string of the molecule is COc1cc2ncnc(Nc3ccc(C)cc3F)c2cc1OCCCN1CCn2cnnc2C1. The number of nitrogens with zero attached hydrogens (tertiary/aromatic N) is 6. The minimum absolute atomic E-state index is 0.340. The van der Waals surface area contributed by atoms with Crippen LogP contribution in [-0.2, 0) is 13.1 Å². The molecular formula is C24H26FN7O2. The van der Waals surface area contributed by atoms with Crippen molar-refractivity contribution in [3.8, 4) is 11.5 Å². The molecule has 0 atom stereocenters. The third kappa shape index (κ3) is 4.62. The summed E-state index contributed by atoms with van der Waals surface area (Å²) < 4.78 is 28.1. The molecule has 1 N–H and O–H groups in total. The lowest BCUT2D eigenvalue weighted by Gasteiger charge is -2.26. The van der Waals surface area contributed by atoms with Gasteiger partial charge in [0.1, 0.15) is 30.1 Å². The Morgan fingerprint density at radius 2 is 2.03 bits per heavy atom. The molecule has 1 aliphatic rings. The highest BCUT2D eigenvalue weighted by atomic mass is 19.1. The van der Waals surface area contributed by atoms with Gasteiger partial charge in [-0.15, -0.1) is 10.2 Å². The molecule has 0 saturated heterocycles. The molecule has 2 aromatic carbocycles. The first-order valence-electron chi connectivity index (χ1n) is 11.2. The van der Waals surface area contributed by atoms with Gasteiger partial charge in [-0.3, -0.25) is 4.90 Å². The number of anilines is 2. The summed E-state index contributed by atoms with van der Waals surface area (Å²) in [5, 5.41) is 11.9. The maximum atomic E-state index is 14.4. The second kappa shape index (κ2) is 9.60. The van der Waals surface area contributed by atoms with Crippen LogP contribution in [0.25, 0.3) is 10.9 Å². The summed E-state index contributed by atoms with van der Waals surface area (Å²) in [5.41, 5.74) is 1.87. The zero-order chi connectivity index (χ0) is 23.5. The standard InChI is InChI=1S/C24H26FN7O2/c1-16-4-5-19(18(25)10-16)29-24-17-11-22(21(33-2)12-20(17)26-14-27-24)34-9-3-6-31-7-8-32-15-28-30-23(32)13-31/h4-5,10-12,14-15H,3,6-9,13H2,1-2H3,(H,26,27,29). The number of aromatic nitrogens is 5. The van der Waals surface area contributed by atoms with E-state index in [1.54, 1.807) is 25.6 Å². The molecule has 9 nitrogen and oxygen atoms in total. The number of rotatable bonds is 8. The minimum Gasteiger partial charge on any atom is -0.493 e. The predicted molar refractivity (Wildman–Crippen MR) is 126 cm³/mol. The van der Waals surface area contributed by atoms with Gasteiger partial charge in [-0.1, -0.05) is 6.07 Å². The summed E-state index contributed by atoms with van der Waals surface area (Å²) in [4.78, 5) is 11.0. The second-order valence-corrected chi connectivity index (χ2v) is 8.27. The fourth-order valence-corrected chi connectivity index (χ4v) is 4.06. The molecule has 1 aliphatic heterocycles. The summed E-state index contributed by atoms with van der Waals surface area (Å²) in [6, 6.07) is 8.67. The second-order valence-electron chi connectivity index (χ2n) is 8.27. The average molecular weight is 464 g/mol. The van der Waals surface area contributed by atoms with Gasteiger partial charge in [-0.05, 0) is 37.1 Å². The molecular weight excluding hydrogens is 437 g/mol. The number of hydrogen-bond acceptors (Lipinski definition) is 8. The number of halogens is 1. The van der Waals surface area contributed by atoms with Gasteiger partial charge in [0.05, 0.1) is 31.5 Å². The molecule has 0 aliphatic carbocycles. The smallest absolute Gasteiger partial charge is 0.162 e. The lowest BCUT2D eigenvalue weighted by atomic mass is 10.2. The van der Waals surface area contributed by atoms with Crippen LogP contribution in [-0.4, -0.2) is 56.4 Å². The Hall–Kier alpha value is -3.79. The number of aryl methyl sites for hydroxylation is 1. The Bertz CT molecular complexity index is 1310. The first-order chi connectivity index (χ1) is 16.6. The highest BCUT2D eigenvalue weighted by Gasteiger charge is 2.17. The van der Waals surface area contributed by atoms with E-state index >= 15 is 0 Å². The monoisotopic (exact) mass is 463 g/mol. The number of benzene rings is 2. The summed E-state index contributed by atoms with van der Waals surface area (Å²) >= 11 is 0. The molecule has 0 amide bonds. The highest BCUT2D eigenvalue weighted by Crippen LogP contribution is 2.35. The number of ether oxygens (including phenoxy) is 2. The Morgan fingerprint density at radius 3 is 2.88 bits per heavy atom. The van der Waals surface area contributed by atoms with E-state index in [4.69, 9.17) is 9.47 Å². The molecule has 34 heavy (non-hydrogen) atoms. The van der Waals surface area contributed by atoms with Gasteiger partial charge >= 0.3 is 0 Å². The van der Waals surface area contributed by atoms with Gasteiger partial charge in [0.2, 0.25) is 0 Å². The van der Waals surface area contributed by atoms with Gasteiger partial charge in [-0.2, -0.15) is 0 Å². The molecule has 10 heteroatoms. The topological polar surface area (TPSA) is 90.2 Å². The molecule has 3 heterocycles. The van der Waals surface area contributed by atoms with Gasteiger partial charge in [0.15, 0.2) is 11.5 Å². The lowest BCUT2D eigenvalue weighted by molar-refractivity contribution is 0.194. The van der Waals surface area contributed by atoms with Crippen molar-refractivity contribution in [1.29, 1.82) is 0 Å². The van der Waals surface area contributed by atoms with Gasteiger partial charge in [0.25, 0.3) is 0 Å². The molecule has 2 aromatic heterocycles. The Balaban J connectivity index is 1.29. The Morgan fingerprint density at radius 1 is 1.12 bits per heavy atom. The van der Waals surface area contributed by atoms with Crippen molar-refractivity contribution in [2.45, 2.75) is 26.4 Å². The van der Waals surface area contributed by atoms with E-state index in [-0.39, 0.29) is 5.82 Å². The van der Waals surface area contributed by atoms with Crippen molar-refractivity contribution in [1.82, 2.24) is 29.6 Å². The summed E-state index contributed by atoms with van der Waals surface area (Å²) in [6.07, 6.45) is 4.07. The van der Waals surface area contributed by atoms with Crippen LogP contribution >= 0.6 is 0 Å². The van der Waals surface area contributed by atoms with Crippen LogP contribution in [0.2, 0.25) is 0 Å². The van der Waals surface area contributed by atoms with Gasteiger partial charge in [0, 0.05) is 31.1 Å². The highest BCUT2D eigenvalue weighted by molar-refractivity contribution is 5.93. The van der Waals surface area contributed by atoms with Crippen molar-refractivity contribution in [2.75, 3.05) is 32.1 Å². The number of fused-ring (bicyclic) bond motifs is 2. The molecule has 4 aromatic rings. The van der Waals surface area contributed by atoms with Crippen LogP contribution in [0.4, 0.5) is 15.9 Å². The van der Waals surface area contributed by atoms with Crippen molar-refractivity contribution < 1.29 is 13.9 Å². The third-order valence-electron chi connectivity index (χ3n) is 5.89. The van der Waals surface area contributed by atoms with Crippen LogP contribution in [0.5, 0.6) is 11.5 Å². The van der Waals surface area contributed by atoms with Gasteiger partial charge < -0.3 is 19.4 Å². The zero-order valence-corrected chi connectivity index (χ0v) is 19.2. The van der Waals surface area contributed by atoms with E-state index in [0.29, 0.717) is 40.5 Å². The maximum Gasteiger partial charge on any atom is 0.162 e. The van der Waals surface area contributed by atoms with Crippen LogP contribution in [0.3, 0.4) is 0 Å². The van der Waals surface area contributed by atoms with E-state index < -0.39 is 0 Å². The fraction of sp³-hybridized carbons (Fsp3) is 0.333. The molecule has 0 saturated carbocycles. The largest absolute Gasteiger partial charge is 0.493 e. The average Bonchev–Trinajstić information content (AvgIpc) is 3.31. The Labute approximate surface area is 196 Å². The van der Waals surface area contributed by atoms with E-state index in [1.165, 1.54) is 12.4 Å². The summed E-state index contributed by atoms with van der Waals surface area (Å²) in [7, 11) is 1.60. The summed E-state index contributed by atoms with van der Waals surface area (Å²) in [5.74, 6) is 2.33. The zero-order valence-electron chi connectivity index (χ0n) is 19.2. The first-order valence-corrected chi connectivity index (χ1v) is 11.2. The quantitative estimate of drug-likeness (QED) is 0.396. The minimum atomic E-state index is -0.340. The summed E-state index contributed by atoms with van der Waals surface area (Å²) in [6.45, 7) is 5.92. The third-order valence-corrected chi connectivity index (χ3v) is 5.89. The molecule has 0 radical (unpaired) electrons. The normalized spacial score (nSPS) is 13.6. The molecule has 0 fully saturated rings. The first kappa shape index (κ1) is 22.0. The van der Waals surface area contributed by atoms with E-state index in [2.05, 4.69) is 34.9 Å². The van der Waals surface area contributed by atoms with Gasteiger partial charge in [-0.25, -0.2) is 14.4 Å². The van der Waals surface area contributed by atoms with E-state index in [0.717, 1.165) is 44.0 Å². The number of nitrogens with one attached hydrogen (secondary N) is 1. The van der Waals surface area contributed by atoms with Crippen LogP contribution in [0.15, 0.2) is 43.0 Å². The molecule has 176 valence electrons. The molecule has 5 rings (SSSR count). The lowest BCUT2D eigenvalue weighted by Crippen LogP contribution is -2.34. The van der Waals surface area contributed by atoms with E-state index in [1.807, 2.05) is 19.1 Å². The molecule has 0 bridgehead atoms. The fourth-order valence-electron chi connectivity index (χ4n) is 4.06. The van der Waals surface area contributed by atoms with Crippen LogP contribution in [0.1, 0.15) is 17.8 Å². The predicted octanol–water partition coefficient (Wildman–Crippen LogP) is 3.71. The van der Waals surface area contributed by atoms with Crippen molar-refractivity contribution >= 4 is 22.4 Å². The molecule has 0 spiro atoms. The van der Waals surface area contributed by atoms with Crippen molar-refractivity contribution in [2.24, 2.45) is 0 Å². The number of methoxy groups -OCH3 is 1. The Kier molecular flexibility index (Phi) is 6.22. The maximum absolute atomic E-state index is 14.4. The van der Waals surface area contributed by atoms with Crippen molar-refractivity contribution in [3.63, 3.8) is 0 Å².